The SMILES string of the molecule is CCN(CC1CC1)C(=O)c1cccc(N)c1OC. The number of benzene rings is 1. The summed E-state index contributed by atoms with van der Waals surface area (Å²) in [6.07, 6.45) is 2.47. The highest BCUT2D eigenvalue weighted by molar-refractivity contribution is 5.98. The number of hydrogen-bond acceptors (Lipinski definition) is 3. The van der Waals surface area contributed by atoms with Crippen LogP contribution in [0.4, 0.5) is 5.69 Å². The summed E-state index contributed by atoms with van der Waals surface area (Å²) in [7, 11) is 1.54. The Hall–Kier alpha value is -1.71. The third-order valence-electron chi connectivity index (χ3n) is 3.32. The first-order chi connectivity index (χ1) is 8.67. The number of anilines is 1. The van der Waals surface area contributed by atoms with Crippen LogP contribution in [0.1, 0.15) is 30.1 Å². The van der Waals surface area contributed by atoms with Gasteiger partial charge < -0.3 is 15.4 Å². The second kappa shape index (κ2) is 5.29. The summed E-state index contributed by atoms with van der Waals surface area (Å²) in [5.74, 6) is 1.17. The van der Waals surface area contributed by atoms with E-state index in [2.05, 4.69) is 0 Å². The zero-order chi connectivity index (χ0) is 13.1. The highest BCUT2D eigenvalue weighted by Gasteiger charge is 2.27. The van der Waals surface area contributed by atoms with Gasteiger partial charge >= 0.3 is 0 Å². The number of methoxy groups -OCH3 is 1. The molecule has 0 spiro atoms. The Morgan fingerprint density at radius 1 is 1.50 bits per heavy atom. The molecule has 1 aliphatic rings. The first kappa shape index (κ1) is 12.7. The Balaban J connectivity index is 2.22. The monoisotopic (exact) mass is 248 g/mol. The highest BCUT2D eigenvalue weighted by Crippen LogP contribution is 2.31. The fourth-order valence-corrected chi connectivity index (χ4v) is 2.09. The zero-order valence-electron chi connectivity index (χ0n) is 11.0. The lowest BCUT2D eigenvalue weighted by molar-refractivity contribution is 0.0753. The van der Waals surface area contributed by atoms with Crippen molar-refractivity contribution in [1.82, 2.24) is 4.90 Å². The molecule has 4 heteroatoms. The Morgan fingerprint density at radius 3 is 2.78 bits per heavy atom. The smallest absolute Gasteiger partial charge is 0.257 e. The van der Waals surface area contributed by atoms with Crippen molar-refractivity contribution < 1.29 is 9.53 Å². The summed E-state index contributed by atoms with van der Waals surface area (Å²) in [5.41, 5.74) is 6.89. The molecule has 98 valence electrons. The van der Waals surface area contributed by atoms with Gasteiger partial charge in [-0.15, -0.1) is 0 Å². The molecule has 4 nitrogen and oxygen atoms in total. The molecule has 2 rings (SSSR count). The standard InChI is InChI=1S/C14H20N2O2/c1-3-16(9-10-7-8-10)14(17)11-5-4-6-12(15)13(11)18-2/h4-6,10H,3,7-9,15H2,1-2H3. The van der Waals surface area contributed by atoms with Gasteiger partial charge in [-0.3, -0.25) is 4.79 Å². The lowest BCUT2D eigenvalue weighted by Gasteiger charge is -2.22. The topological polar surface area (TPSA) is 55.6 Å². The number of nitrogens with two attached hydrogens (primary N) is 1. The lowest BCUT2D eigenvalue weighted by atomic mass is 10.1. The fraction of sp³-hybridized carbons (Fsp3) is 0.500. The molecule has 1 aliphatic carbocycles. The first-order valence-electron chi connectivity index (χ1n) is 6.39. The number of nitrogens with zero attached hydrogens (tertiary/aromatic N) is 1. The maximum Gasteiger partial charge on any atom is 0.257 e. The van der Waals surface area contributed by atoms with Gasteiger partial charge in [-0.05, 0) is 37.8 Å². The molecule has 0 unspecified atom stereocenters. The first-order valence-corrected chi connectivity index (χ1v) is 6.39. The van der Waals surface area contributed by atoms with Gasteiger partial charge in [-0.25, -0.2) is 0 Å². The van der Waals surface area contributed by atoms with Gasteiger partial charge in [0, 0.05) is 13.1 Å². The van der Waals surface area contributed by atoms with Crippen LogP contribution in [0.2, 0.25) is 0 Å². The van der Waals surface area contributed by atoms with Gasteiger partial charge in [0.2, 0.25) is 0 Å². The molecule has 0 bridgehead atoms. The minimum absolute atomic E-state index is 0.00792. The number of hydrogen-bond donors (Lipinski definition) is 1. The molecule has 0 heterocycles. The van der Waals surface area contributed by atoms with Crippen LogP contribution in [0.15, 0.2) is 18.2 Å². The molecule has 1 aromatic carbocycles. The molecule has 1 saturated carbocycles. The minimum Gasteiger partial charge on any atom is -0.494 e. The van der Waals surface area contributed by atoms with Gasteiger partial charge in [-0.2, -0.15) is 0 Å². The zero-order valence-corrected chi connectivity index (χ0v) is 11.0. The Labute approximate surface area is 108 Å². The molecule has 18 heavy (non-hydrogen) atoms. The van der Waals surface area contributed by atoms with Crippen molar-refractivity contribution in [1.29, 1.82) is 0 Å². The number of carbonyl (C=O) groups is 1. The van der Waals surface area contributed by atoms with E-state index in [1.165, 1.54) is 12.8 Å². The molecular weight excluding hydrogens is 228 g/mol. The van der Waals surface area contributed by atoms with Crippen molar-refractivity contribution in [3.05, 3.63) is 23.8 Å². The fourth-order valence-electron chi connectivity index (χ4n) is 2.09. The Kier molecular flexibility index (Phi) is 3.75. The quantitative estimate of drug-likeness (QED) is 0.812. The summed E-state index contributed by atoms with van der Waals surface area (Å²) in [4.78, 5) is 14.3. The largest absolute Gasteiger partial charge is 0.494 e. The molecular formula is C14H20N2O2. The third-order valence-corrected chi connectivity index (χ3v) is 3.32. The van der Waals surface area contributed by atoms with Crippen LogP contribution >= 0.6 is 0 Å². The van der Waals surface area contributed by atoms with E-state index in [-0.39, 0.29) is 5.91 Å². The number of carbonyl (C=O) groups excluding carboxylic acids is 1. The van der Waals surface area contributed by atoms with E-state index in [1.54, 1.807) is 25.3 Å². The van der Waals surface area contributed by atoms with Crippen molar-refractivity contribution in [2.24, 2.45) is 5.92 Å². The van der Waals surface area contributed by atoms with Gasteiger partial charge in [0.25, 0.3) is 5.91 Å². The highest BCUT2D eigenvalue weighted by atomic mass is 16.5. The van der Waals surface area contributed by atoms with Crippen molar-refractivity contribution in [2.75, 3.05) is 25.9 Å². The summed E-state index contributed by atoms with van der Waals surface area (Å²) in [6, 6.07) is 5.30. The van der Waals surface area contributed by atoms with Crippen molar-refractivity contribution >= 4 is 11.6 Å². The molecule has 0 atom stereocenters. The maximum absolute atomic E-state index is 12.5. The van der Waals surface area contributed by atoms with E-state index in [0.29, 0.717) is 29.5 Å². The van der Waals surface area contributed by atoms with E-state index in [1.807, 2.05) is 11.8 Å². The minimum atomic E-state index is 0.00792. The average molecular weight is 248 g/mol. The maximum atomic E-state index is 12.5. The molecule has 0 aromatic heterocycles. The molecule has 0 radical (unpaired) electrons. The number of amides is 1. The molecule has 1 aromatic rings. The van der Waals surface area contributed by atoms with Gasteiger partial charge in [0.1, 0.15) is 0 Å². The Morgan fingerprint density at radius 2 is 2.22 bits per heavy atom. The molecule has 0 aliphatic heterocycles. The number of nitrogen functional groups attached to an aromatic ring is 1. The van der Waals surface area contributed by atoms with Crippen molar-refractivity contribution in [3.8, 4) is 5.75 Å². The molecule has 2 N–H and O–H groups in total. The van der Waals surface area contributed by atoms with Crippen LogP contribution in [0.25, 0.3) is 0 Å². The van der Waals surface area contributed by atoms with Crippen LogP contribution in [0, 0.1) is 5.92 Å². The predicted octanol–water partition coefficient (Wildman–Crippen LogP) is 2.15. The van der Waals surface area contributed by atoms with E-state index in [0.717, 1.165) is 6.54 Å². The number of para-hydroxylation sites is 1. The summed E-state index contributed by atoms with van der Waals surface area (Å²) < 4.78 is 5.24. The summed E-state index contributed by atoms with van der Waals surface area (Å²) in [6.45, 7) is 3.56. The van der Waals surface area contributed by atoms with Crippen LogP contribution in [-0.2, 0) is 0 Å². The molecule has 1 amide bonds. The normalized spacial score (nSPS) is 14.3. The van der Waals surface area contributed by atoms with Crippen molar-refractivity contribution in [3.63, 3.8) is 0 Å². The van der Waals surface area contributed by atoms with E-state index >= 15 is 0 Å². The summed E-state index contributed by atoms with van der Waals surface area (Å²) in [5, 5.41) is 0. The van der Waals surface area contributed by atoms with Crippen LogP contribution in [0.3, 0.4) is 0 Å². The second-order valence-electron chi connectivity index (χ2n) is 4.72. The molecule has 0 saturated heterocycles. The van der Waals surface area contributed by atoms with Gasteiger partial charge in [0.05, 0.1) is 18.4 Å². The van der Waals surface area contributed by atoms with Gasteiger partial charge in [-0.1, -0.05) is 6.07 Å². The van der Waals surface area contributed by atoms with Crippen LogP contribution < -0.4 is 10.5 Å². The second-order valence-corrected chi connectivity index (χ2v) is 4.72. The van der Waals surface area contributed by atoms with Crippen LogP contribution in [-0.4, -0.2) is 31.0 Å². The van der Waals surface area contributed by atoms with Gasteiger partial charge in [0.15, 0.2) is 5.75 Å². The van der Waals surface area contributed by atoms with E-state index in [4.69, 9.17) is 10.5 Å². The van der Waals surface area contributed by atoms with Crippen LogP contribution in [0.5, 0.6) is 5.75 Å². The third kappa shape index (κ3) is 2.58. The summed E-state index contributed by atoms with van der Waals surface area (Å²) >= 11 is 0. The lowest BCUT2D eigenvalue weighted by Crippen LogP contribution is -2.33. The number of ether oxygens (including phenoxy) is 1. The van der Waals surface area contributed by atoms with E-state index < -0.39 is 0 Å². The average Bonchev–Trinajstić information content (AvgIpc) is 3.18. The predicted molar refractivity (Wildman–Crippen MR) is 71.7 cm³/mol. The number of rotatable bonds is 5. The molecule has 1 fully saturated rings. The van der Waals surface area contributed by atoms with E-state index in [9.17, 15) is 4.79 Å². The van der Waals surface area contributed by atoms with Crippen molar-refractivity contribution in [2.45, 2.75) is 19.8 Å². The Bertz CT molecular complexity index is 441.